The van der Waals surface area contributed by atoms with Gasteiger partial charge < -0.3 is 9.26 Å². The van der Waals surface area contributed by atoms with Crippen molar-refractivity contribution in [2.75, 3.05) is 13.2 Å². The van der Waals surface area contributed by atoms with Crippen LogP contribution in [0.1, 0.15) is 24.2 Å². The fraction of sp³-hybridized carbons (Fsp3) is 0.300. The number of ether oxygens (including phenoxy) is 1. The molecule has 0 unspecified atom stereocenters. The van der Waals surface area contributed by atoms with Crippen molar-refractivity contribution in [2.45, 2.75) is 24.9 Å². The van der Waals surface area contributed by atoms with Gasteiger partial charge in [0.1, 0.15) is 0 Å². The molecular weight excluding hydrogens is 314 g/mol. The summed E-state index contributed by atoms with van der Waals surface area (Å²) < 4.78 is 11.0. The lowest BCUT2D eigenvalue weighted by molar-refractivity contribution is 0.0354. The third-order valence-electron chi connectivity index (χ3n) is 4.75. The second-order valence-electron chi connectivity index (χ2n) is 6.30. The zero-order chi connectivity index (χ0) is 17.0. The van der Waals surface area contributed by atoms with Gasteiger partial charge in [0.15, 0.2) is 5.82 Å². The van der Waals surface area contributed by atoms with E-state index >= 15 is 0 Å². The number of nitrogens with one attached hydrogen (secondary N) is 1. The topological polar surface area (TPSA) is 60.2 Å². The zero-order valence-corrected chi connectivity index (χ0v) is 14.0. The summed E-state index contributed by atoms with van der Waals surface area (Å²) in [6, 6.07) is 20.4. The molecule has 0 radical (unpaired) electrons. The Kier molecular flexibility index (Phi) is 4.59. The first-order valence-corrected chi connectivity index (χ1v) is 8.62. The molecule has 0 bridgehead atoms. The van der Waals surface area contributed by atoms with Gasteiger partial charge in [0.2, 0.25) is 0 Å². The highest BCUT2D eigenvalue weighted by atomic mass is 16.5. The predicted molar refractivity (Wildman–Crippen MR) is 94.7 cm³/mol. The van der Waals surface area contributed by atoms with Gasteiger partial charge in [0.05, 0.1) is 6.54 Å². The van der Waals surface area contributed by atoms with Crippen molar-refractivity contribution < 1.29 is 9.26 Å². The maximum Gasteiger partial charge on any atom is 0.257 e. The molecule has 2 aromatic carbocycles. The summed E-state index contributed by atoms with van der Waals surface area (Å²) >= 11 is 0. The lowest BCUT2D eigenvalue weighted by Gasteiger charge is -2.38. The molecule has 1 aromatic heterocycles. The van der Waals surface area contributed by atoms with Crippen LogP contribution < -0.4 is 5.32 Å². The maximum absolute atomic E-state index is 5.57. The Morgan fingerprint density at radius 2 is 1.60 bits per heavy atom. The number of rotatable bonds is 5. The molecule has 2 heterocycles. The normalized spacial score (nSPS) is 16.6. The molecule has 1 aliphatic rings. The Hall–Kier alpha value is -2.50. The molecule has 0 aliphatic carbocycles. The van der Waals surface area contributed by atoms with Gasteiger partial charge in [0, 0.05) is 24.3 Å². The van der Waals surface area contributed by atoms with E-state index in [1.807, 2.05) is 36.4 Å². The van der Waals surface area contributed by atoms with E-state index in [1.165, 1.54) is 5.56 Å². The van der Waals surface area contributed by atoms with Crippen molar-refractivity contribution in [3.63, 3.8) is 0 Å². The molecule has 25 heavy (non-hydrogen) atoms. The van der Waals surface area contributed by atoms with Gasteiger partial charge in [-0.05, 0) is 30.5 Å². The molecule has 1 fully saturated rings. The van der Waals surface area contributed by atoms with Crippen molar-refractivity contribution in [2.24, 2.45) is 0 Å². The van der Waals surface area contributed by atoms with Crippen LogP contribution in [0.5, 0.6) is 0 Å². The molecule has 1 saturated heterocycles. The first-order valence-electron chi connectivity index (χ1n) is 8.62. The number of hydrogen-bond acceptors (Lipinski definition) is 5. The van der Waals surface area contributed by atoms with Crippen LogP contribution in [0.25, 0.3) is 11.5 Å². The fourth-order valence-electron chi connectivity index (χ4n) is 3.32. The van der Waals surface area contributed by atoms with Gasteiger partial charge in [-0.2, -0.15) is 4.98 Å². The van der Waals surface area contributed by atoms with Gasteiger partial charge in [0.25, 0.3) is 5.89 Å². The molecule has 0 spiro atoms. The lowest BCUT2D eigenvalue weighted by atomic mass is 9.82. The van der Waals surface area contributed by atoms with E-state index in [1.54, 1.807) is 0 Å². The van der Waals surface area contributed by atoms with E-state index in [4.69, 9.17) is 9.26 Å². The molecule has 1 aliphatic heterocycles. The summed E-state index contributed by atoms with van der Waals surface area (Å²) in [5.74, 6) is 1.22. The zero-order valence-electron chi connectivity index (χ0n) is 14.0. The minimum Gasteiger partial charge on any atom is -0.381 e. The molecule has 5 heteroatoms. The van der Waals surface area contributed by atoms with E-state index in [0.717, 1.165) is 31.6 Å². The highest BCUT2D eigenvalue weighted by Gasteiger charge is 2.34. The third kappa shape index (κ3) is 3.48. The van der Waals surface area contributed by atoms with Crippen molar-refractivity contribution in [3.05, 3.63) is 72.1 Å². The first kappa shape index (κ1) is 16.0. The van der Waals surface area contributed by atoms with Crippen molar-refractivity contribution in [1.82, 2.24) is 15.5 Å². The molecule has 0 saturated carbocycles. The molecule has 0 amide bonds. The smallest absolute Gasteiger partial charge is 0.257 e. The van der Waals surface area contributed by atoms with E-state index in [0.29, 0.717) is 18.3 Å². The minimum atomic E-state index is -0.104. The van der Waals surface area contributed by atoms with Crippen LogP contribution in [0.2, 0.25) is 0 Å². The number of benzene rings is 2. The van der Waals surface area contributed by atoms with Crippen molar-refractivity contribution in [1.29, 1.82) is 0 Å². The van der Waals surface area contributed by atoms with E-state index in [2.05, 4.69) is 39.7 Å². The van der Waals surface area contributed by atoms with Crippen LogP contribution in [0.4, 0.5) is 0 Å². The highest BCUT2D eigenvalue weighted by Crippen LogP contribution is 2.32. The second-order valence-corrected chi connectivity index (χ2v) is 6.30. The van der Waals surface area contributed by atoms with Crippen LogP contribution in [0.15, 0.2) is 65.2 Å². The standard InChI is InChI=1S/C20H21N3O2/c1-3-7-16(8-4-1)19-22-18(23-25-19)15-21-20(11-13-24-14-12-20)17-9-5-2-6-10-17/h1-10,21H,11-15H2. The van der Waals surface area contributed by atoms with Crippen LogP contribution in [0.3, 0.4) is 0 Å². The van der Waals surface area contributed by atoms with Gasteiger partial charge >= 0.3 is 0 Å². The van der Waals surface area contributed by atoms with E-state index < -0.39 is 0 Å². The number of nitrogens with zero attached hydrogens (tertiary/aromatic N) is 2. The molecular formula is C20H21N3O2. The maximum atomic E-state index is 5.57. The average molecular weight is 335 g/mol. The molecule has 1 N–H and O–H groups in total. The Morgan fingerprint density at radius 1 is 0.920 bits per heavy atom. The van der Waals surface area contributed by atoms with E-state index in [-0.39, 0.29) is 5.54 Å². The van der Waals surface area contributed by atoms with Crippen LogP contribution in [0, 0.1) is 0 Å². The minimum absolute atomic E-state index is 0.104. The number of hydrogen-bond donors (Lipinski definition) is 1. The summed E-state index contributed by atoms with van der Waals surface area (Å²) in [4.78, 5) is 4.52. The summed E-state index contributed by atoms with van der Waals surface area (Å²) in [5, 5.41) is 7.79. The van der Waals surface area contributed by atoms with Crippen LogP contribution >= 0.6 is 0 Å². The van der Waals surface area contributed by atoms with Gasteiger partial charge in [-0.15, -0.1) is 0 Å². The largest absolute Gasteiger partial charge is 0.381 e. The SMILES string of the molecule is c1ccc(-c2nc(CNC3(c4ccccc4)CCOCC3)no2)cc1. The van der Waals surface area contributed by atoms with Gasteiger partial charge in [-0.25, -0.2) is 0 Å². The summed E-state index contributed by atoms with van der Waals surface area (Å²) in [5.41, 5.74) is 2.11. The Morgan fingerprint density at radius 3 is 2.32 bits per heavy atom. The predicted octanol–water partition coefficient (Wildman–Crippen LogP) is 3.53. The third-order valence-corrected chi connectivity index (χ3v) is 4.75. The molecule has 0 atom stereocenters. The lowest BCUT2D eigenvalue weighted by Crippen LogP contribution is -2.46. The Bertz CT molecular complexity index is 796. The van der Waals surface area contributed by atoms with Gasteiger partial charge in [-0.3, -0.25) is 5.32 Å². The second kappa shape index (κ2) is 7.17. The number of aromatic nitrogens is 2. The highest BCUT2D eigenvalue weighted by molar-refractivity contribution is 5.51. The first-order chi connectivity index (χ1) is 12.4. The van der Waals surface area contributed by atoms with Crippen LogP contribution in [-0.4, -0.2) is 23.4 Å². The van der Waals surface area contributed by atoms with Crippen LogP contribution in [-0.2, 0) is 16.8 Å². The molecule has 5 nitrogen and oxygen atoms in total. The summed E-state index contributed by atoms with van der Waals surface area (Å²) in [6.07, 6.45) is 1.86. The van der Waals surface area contributed by atoms with Gasteiger partial charge in [-0.1, -0.05) is 53.7 Å². The van der Waals surface area contributed by atoms with Crippen molar-refractivity contribution in [3.8, 4) is 11.5 Å². The Balaban J connectivity index is 1.51. The molecule has 4 rings (SSSR count). The molecule has 3 aromatic rings. The Labute approximate surface area is 147 Å². The van der Waals surface area contributed by atoms with E-state index in [9.17, 15) is 0 Å². The summed E-state index contributed by atoms with van der Waals surface area (Å²) in [6.45, 7) is 2.07. The van der Waals surface area contributed by atoms with Crippen molar-refractivity contribution >= 4 is 0 Å². The average Bonchev–Trinajstić information content (AvgIpc) is 3.18. The molecule has 128 valence electrons. The fourth-order valence-corrected chi connectivity index (χ4v) is 3.32. The monoisotopic (exact) mass is 335 g/mol. The summed E-state index contributed by atoms with van der Waals surface area (Å²) in [7, 11) is 0. The quantitative estimate of drug-likeness (QED) is 0.773.